The Morgan fingerprint density at radius 2 is 2.14 bits per heavy atom. The van der Waals surface area contributed by atoms with Crippen LogP contribution in [0.4, 0.5) is 0 Å². The van der Waals surface area contributed by atoms with Crippen LogP contribution in [0.3, 0.4) is 0 Å². The number of hydrogen-bond donors (Lipinski definition) is 2. The van der Waals surface area contributed by atoms with Gasteiger partial charge in [0.15, 0.2) is 5.96 Å². The van der Waals surface area contributed by atoms with E-state index in [1.165, 1.54) is 11.3 Å². The number of ether oxygens (including phenoxy) is 1. The summed E-state index contributed by atoms with van der Waals surface area (Å²) in [5, 5.41) is 12.0. The lowest BCUT2D eigenvalue weighted by Crippen LogP contribution is -2.43. The fourth-order valence-electron chi connectivity index (χ4n) is 3.06. The molecule has 1 atom stereocenters. The summed E-state index contributed by atoms with van der Waals surface area (Å²) in [6, 6.07) is 7.95. The van der Waals surface area contributed by atoms with E-state index in [0.29, 0.717) is 19.8 Å². The van der Waals surface area contributed by atoms with Gasteiger partial charge in [-0.1, -0.05) is 23.7 Å². The van der Waals surface area contributed by atoms with Crippen LogP contribution in [0.15, 0.2) is 29.3 Å². The molecule has 0 amide bonds. The van der Waals surface area contributed by atoms with Gasteiger partial charge in [0, 0.05) is 30.4 Å². The number of nitrogens with zero attached hydrogens (tertiary/aromatic N) is 3. The Morgan fingerprint density at radius 3 is 2.79 bits per heavy atom. The van der Waals surface area contributed by atoms with Gasteiger partial charge in [0.2, 0.25) is 0 Å². The number of nitrogens with one attached hydrogen (secondary N) is 2. The summed E-state index contributed by atoms with van der Waals surface area (Å²) >= 11 is 5.99. The number of aryl methyl sites for hydroxylation is 2. The zero-order chi connectivity index (χ0) is 20.5. The van der Waals surface area contributed by atoms with Gasteiger partial charge in [-0.15, -0.1) is 0 Å². The average Bonchev–Trinajstić information content (AvgIpc) is 2.87. The summed E-state index contributed by atoms with van der Waals surface area (Å²) in [5.41, 5.74) is 4.66. The van der Waals surface area contributed by atoms with Crippen LogP contribution in [0.5, 0.6) is 0 Å². The predicted octanol–water partition coefficient (Wildman–Crippen LogP) is 3.39. The van der Waals surface area contributed by atoms with E-state index in [4.69, 9.17) is 16.3 Å². The number of guanidine groups is 1. The standard InChI is InChI=1S/C21H32ClN5O/c1-6-23-21(24-10-11-28-14-18-8-7-9-19(22)13-18)25-15(2)12-20-16(3)26-27(5)17(20)4/h7-9,13,15H,6,10-12,14H2,1-5H3,(H2,23,24,25). The van der Waals surface area contributed by atoms with E-state index < -0.39 is 0 Å². The maximum Gasteiger partial charge on any atom is 0.191 e. The average molecular weight is 406 g/mol. The molecule has 2 N–H and O–H groups in total. The van der Waals surface area contributed by atoms with Crippen molar-refractivity contribution in [1.29, 1.82) is 0 Å². The molecule has 1 aromatic heterocycles. The van der Waals surface area contributed by atoms with Crippen LogP contribution in [0.2, 0.25) is 5.02 Å². The van der Waals surface area contributed by atoms with Gasteiger partial charge in [-0.05, 0) is 57.4 Å². The number of hydrogen-bond acceptors (Lipinski definition) is 3. The van der Waals surface area contributed by atoms with E-state index in [1.54, 1.807) is 0 Å². The Bertz CT molecular complexity index is 787. The minimum atomic E-state index is 0.242. The van der Waals surface area contributed by atoms with Gasteiger partial charge in [0.05, 0.1) is 25.5 Å². The molecule has 0 saturated carbocycles. The Labute approximate surface area is 173 Å². The fourth-order valence-corrected chi connectivity index (χ4v) is 3.28. The molecule has 154 valence electrons. The van der Waals surface area contributed by atoms with E-state index in [-0.39, 0.29) is 6.04 Å². The molecule has 0 aliphatic rings. The van der Waals surface area contributed by atoms with Crippen LogP contribution in [0, 0.1) is 13.8 Å². The molecule has 1 aromatic carbocycles. The molecular formula is C21H32ClN5O. The van der Waals surface area contributed by atoms with Crippen LogP contribution in [-0.4, -0.2) is 41.5 Å². The van der Waals surface area contributed by atoms with Gasteiger partial charge in [-0.25, -0.2) is 0 Å². The summed E-state index contributed by atoms with van der Waals surface area (Å²) in [5.74, 6) is 0.806. The smallest absolute Gasteiger partial charge is 0.191 e. The zero-order valence-electron chi connectivity index (χ0n) is 17.6. The molecule has 0 spiro atoms. The maximum atomic E-state index is 5.99. The van der Waals surface area contributed by atoms with E-state index in [1.807, 2.05) is 36.0 Å². The number of rotatable bonds is 9. The summed E-state index contributed by atoms with van der Waals surface area (Å²) in [6.45, 7) is 10.9. The number of aliphatic imine (C=N–C) groups is 1. The highest BCUT2D eigenvalue weighted by molar-refractivity contribution is 6.30. The first-order valence-electron chi connectivity index (χ1n) is 9.76. The highest BCUT2D eigenvalue weighted by Crippen LogP contribution is 2.14. The molecule has 28 heavy (non-hydrogen) atoms. The van der Waals surface area contributed by atoms with Gasteiger partial charge >= 0.3 is 0 Å². The summed E-state index contributed by atoms with van der Waals surface area (Å²) in [7, 11) is 1.98. The van der Waals surface area contributed by atoms with Gasteiger partial charge in [0.1, 0.15) is 0 Å². The highest BCUT2D eigenvalue weighted by Gasteiger charge is 2.13. The molecule has 2 rings (SSSR count). The summed E-state index contributed by atoms with van der Waals surface area (Å²) in [4.78, 5) is 4.62. The minimum Gasteiger partial charge on any atom is -0.375 e. The van der Waals surface area contributed by atoms with Crippen molar-refractivity contribution >= 4 is 17.6 Å². The van der Waals surface area contributed by atoms with E-state index in [0.717, 1.165) is 35.2 Å². The van der Waals surface area contributed by atoms with E-state index in [9.17, 15) is 0 Å². The lowest BCUT2D eigenvalue weighted by Gasteiger charge is -2.18. The Hall–Kier alpha value is -2.05. The lowest BCUT2D eigenvalue weighted by molar-refractivity contribution is 0.128. The lowest BCUT2D eigenvalue weighted by atomic mass is 10.1. The van der Waals surface area contributed by atoms with Crippen molar-refractivity contribution < 1.29 is 4.74 Å². The summed E-state index contributed by atoms with van der Waals surface area (Å²) in [6.07, 6.45) is 0.904. The van der Waals surface area contributed by atoms with Crippen molar-refractivity contribution in [3.05, 3.63) is 51.8 Å². The first-order valence-corrected chi connectivity index (χ1v) is 10.1. The molecule has 6 nitrogen and oxygen atoms in total. The van der Waals surface area contributed by atoms with Gasteiger partial charge in [-0.2, -0.15) is 5.10 Å². The van der Waals surface area contributed by atoms with Crippen LogP contribution in [-0.2, 0) is 24.8 Å². The van der Waals surface area contributed by atoms with Crippen molar-refractivity contribution in [3.8, 4) is 0 Å². The zero-order valence-corrected chi connectivity index (χ0v) is 18.3. The second kappa shape index (κ2) is 11.1. The Kier molecular flexibility index (Phi) is 8.80. The van der Waals surface area contributed by atoms with E-state index in [2.05, 4.69) is 48.4 Å². The molecule has 1 unspecified atom stereocenters. The van der Waals surface area contributed by atoms with E-state index >= 15 is 0 Å². The van der Waals surface area contributed by atoms with Gasteiger partial charge in [-0.3, -0.25) is 9.67 Å². The third kappa shape index (κ3) is 6.84. The second-order valence-electron chi connectivity index (χ2n) is 6.97. The molecule has 0 saturated heterocycles. The molecule has 2 aromatic rings. The van der Waals surface area contributed by atoms with Gasteiger partial charge < -0.3 is 15.4 Å². The first-order chi connectivity index (χ1) is 13.4. The fraction of sp³-hybridized carbons (Fsp3) is 0.524. The number of halogens is 1. The molecule has 0 bridgehead atoms. The monoisotopic (exact) mass is 405 g/mol. The first kappa shape index (κ1) is 22.2. The minimum absolute atomic E-state index is 0.242. The van der Waals surface area contributed by atoms with Crippen molar-refractivity contribution in [2.75, 3.05) is 19.7 Å². The molecular weight excluding hydrogens is 374 g/mol. The normalized spacial score (nSPS) is 12.9. The van der Waals surface area contributed by atoms with Crippen LogP contribution in [0.1, 0.15) is 36.4 Å². The van der Waals surface area contributed by atoms with Crippen molar-refractivity contribution in [1.82, 2.24) is 20.4 Å². The molecule has 0 radical (unpaired) electrons. The Morgan fingerprint density at radius 1 is 1.36 bits per heavy atom. The van der Waals surface area contributed by atoms with Crippen LogP contribution >= 0.6 is 11.6 Å². The quantitative estimate of drug-likeness (QED) is 0.381. The third-order valence-corrected chi connectivity index (χ3v) is 4.79. The van der Waals surface area contributed by atoms with Gasteiger partial charge in [0.25, 0.3) is 0 Å². The van der Waals surface area contributed by atoms with Crippen molar-refractivity contribution in [2.24, 2.45) is 12.0 Å². The highest BCUT2D eigenvalue weighted by atomic mass is 35.5. The number of benzene rings is 1. The molecule has 7 heteroatoms. The molecule has 1 heterocycles. The molecule has 0 aliphatic heterocycles. The molecule has 0 aliphatic carbocycles. The van der Waals surface area contributed by atoms with Crippen LogP contribution < -0.4 is 10.6 Å². The number of aromatic nitrogens is 2. The second-order valence-corrected chi connectivity index (χ2v) is 7.40. The SMILES string of the molecule is CCNC(=NCCOCc1cccc(Cl)c1)NC(C)Cc1c(C)nn(C)c1C. The van der Waals surface area contributed by atoms with Crippen molar-refractivity contribution in [2.45, 2.75) is 46.8 Å². The third-order valence-electron chi connectivity index (χ3n) is 4.56. The molecule has 0 fully saturated rings. The largest absolute Gasteiger partial charge is 0.375 e. The maximum absolute atomic E-state index is 5.99. The van der Waals surface area contributed by atoms with Crippen LogP contribution in [0.25, 0.3) is 0 Å². The predicted molar refractivity (Wildman–Crippen MR) is 116 cm³/mol. The Balaban J connectivity index is 1.82. The topological polar surface area (TPSA) is 63.5 Å². The summed E-state index contributed by atoms with van der Waals surface area (Å²) < 4.78 is 7.64. The van der Waals surface area contributed by atoms with Crippen molar-refractivity contribution in [3.63, 3.8) is 0 Å².